The van der Waals surface area contributed by atoms with Crippen molar-refractivity contribution in [2.75, 3.05) is 13.2 Å². The standard InChI is InChI=1S/C21H22O5/c1-3-24-16-11-8-12-17-19(16)20(23)18(22)13-15(14-9-6-5-7-10-14)21(20,26-17)25-4-2/h5-12,15,23H,3-4,13H2,1-2H3. The van der Waals surface area contributed by atoms with E-state index in [-0.39, 0.29) is 12.2 Å². The molecule has 4 rings (SSSR count). The molecule has 1 aliphatic carbocycles. The Balaban J connectivity index is 1.93. The maximum atomic E-state index is 13.1. The van der Waals surface area contributed by atoms with Crippen LogP contribution in [0.4, 0.5) is 0 Å². The van der Waals surface area contributed by atoms with E-state index in [2.05, 4.69) is 0 Å². The van der Waals surface area contributed by atoms with E-state index < -0.39 is 17.3 Å². The van der Waals surface area contributed by atoms with Crippen molar-refractivity contribution in [1.29, 1.82) is 0 Å². The van der Waals surface area contributed by atoms with Gasteiger partial charge in [-0.25, -0.2) is 0 Å². The van der Waals surface area contributed by atoms with Gasteiger partial charge in [-0.05, 0) is 31.5 Å². The van der Waals surface area contributed by atoms with Gasteiger partial charge in [0.15, 0.2) is 5.78 Å². The van der Waals surface area contributed by atoms with E-state index in [1.54, 1.807) is 18.2 Å². The zero-order valence-corrected chi connectivity index (χ0v) is 14.9. The van der Waals surface area contributed by atoms with Crippen molar-refractivity contribution in [2.45, 2.75) is 37.6 Å². The van der Waals surface area contributed by atoms with E-state index in [0.717, 1.165) is 5.56 Å². The molecule has 0 aromatic heterocycles. The molecule has 136 valence electrons. The predicted molar refractivity (Wildman–Crippen MR) is 95.3 cm³/mol. The summed E-state index contributed by atoms with van der Waals surface area (Å²) in [5.41, 5.74) is -0.625. The number of fused-ring (bicyclic) bond motifs is 3. The van der Waals surface area contributed by atoms with Gasteiger partial charge in [-0.3, -0.25) is 4.79 Å². The van der Waals surface area contributed by atoms with Crippen molar-refractivity contribution in [3.63, 3.8) is 0 Å². The largest absolute Gasteiger partial charge is 0.493 e. The first-order valence-corrected chi connectivity index (χ1v) is 8.98. The molecule has 1 N–H and O–H groups in total. The van der Waals surface area contributed by atoms with Crippen molar-refractivity contribution in [3.05, 3.63) is 59.7 Å². The number of carbonyl (C=O) groups is 1. The highest BCUT2D eigenvalue weighted by atomic mass is 16.7. The lowest BCUT2D eigenvalue weighted by atomic mass is 9.84. The second-order valence-corrected chi connectivity index (χ2v) is 6.57. The van der Waals surface area contributed by atoms with Crippen LogP contribution in [-0.2, 0) is 15.1 Å². The number of Topliss-reactive ketones (excluding diaryl/α,β-unsaturated/α-hetero) is 1. The van der Waals surface area contributed by atoms with Gasteiger partial charge >= 0.3 is 0 Å². The third-order valence-electron chi connectivity index (χ3n) is 5.23. The number of hydrogen-bond acceptors (Lipinski definition) is 5. The van der Waals surface area contributed by atoms with Gasteiger partial charge in [-0.1, -0.05) is 36.4 Å². The van der Waals surface area contributed by atoms with Gasteiger partial charge in [-0.2, -0.15) is 0 Å². The molecule has 1 aliphatic heterocycles. The van der Waals surface area contributed by atoms with Gasteiger partial charge in [0.2, 0.25) is 5.60 Å². The molecule has 2 aromatic rings. The maximum absolute atomic E-state index is 13.1. The first-order valence-electron chi connectivity index (χ1n) is 8.98. The number of rotatable bonds is 5. The van der Waals surface area contributed by atoms with Crippen LogP contribution in [0.15, 0.2) is 48.5 Å². The molecular weight excluding hydrogens is 332 g/mol. The molecular formula is C21H22O5. The van der Waals surface area contributed by atoms with E-state index in [4.69, 9.17) is 14.2 Å². The first-order chi connectivity index (χ1) is 12.6. The zero-order chi connectivity index (χ0) is 18.4. The Labute approximate surface area is 152 Å². The minimum Gasteiger partial charge on any atom is -0.493 e. The van der Waals surface area contributed by atoms with Crippen molar-refractivity contribution in [2.24, 2.45) is 0 Å². The summed E-state index contributed by atoms with van der Waals surface area (Å²) in [6.45, 7) is 4.41. The molecule has 2 aliphatic rings. The Hall–Kier alpha value is -2.37. The molecule has 0 spiro atoms. The van der Waals surface area contributed by atoms with Crippen LogP contribution in [0.25, 0.3) is 0 Å². The fraction of sp³-hybridized carbons (Fsp3) is 0.381. The minimum atomic E-state index is -1.90. The summed E-state index contributed by atoms with van der Waals surface area (Å²) in [6.07, 6.45) is 0.139. The monoisotopic (exact) mass is 354 g/mol. The summed E-state index contributed by atoms with van der Waals surface area (Å²) in [5.74, 6) is -1.33. The molecule has 0 saturated heterocycles. The van der Waals surface area contributed by atoms with Gasteiger partial charge < -0.3 is 19.3 Å². The molecule has 0 radical (unpaired) electrons. The Morgan fingerprint density at radius 1 is 1.12 bits per heavy atom. The Bertz CT molecular complexity index is 834. The van der Waals surface area contributed by atoms with Gasteiger partial charge in [0.05, 0.1) is 18.1 Å². The Morgan fingerprint density at radius 2 is 1.88 bits per heavy atom. The van der Waals surface area contributed by atoms with Crippen LogP contribution in [-0.4, -0.2) is 29.9 Å². The molecule has 26 heavy (non-hydrogen) atoms. The molecule has 1 fully saturated rings. The summed E-state index contributed by atoms with van der Waals surface area (Å²) < 4.78 is 17.9. The predicted octanol–water partition coefficient (Wildman–Crippen LogP) is 3.15. The molecule has 5 nitrogen and oxygen atoms in total. The molecule has 0 bridgehead atoms. The molecule has 1 saturated carbocycles. The normalized spacial score (nSPS) is 29.2. The van der Waals surface area contributed by atoms with E-state index >= 15 is 0 Å². The van der Waals surface area contributed by atoms with E-state index in [9.17, 15) is 9.90 Å². The van der Waals surface area contributed by atoms with Crippen molar-refractivity contribution in [1.82, 2.24) is 0 Å². The van der Waals surface area contributed by atoms with Crippen molar-refractivity contribution in [3.8, 4) is 11.5 Å². The highest BCUT2D eigenvalue weighted by Crippen LogP contribution is 2.62. The summed E-state index contributed by atoms with van der Waals surface area (Å²) in [7, 11) is 0. The van der Waals surface area contributed by atoms with Gasteiger partial charge in [-0.15, -0.1) is 0 Å². The van der Waals surface area contributed by atoms with E-state index in [1.165, 1.54) is 0 Å². The molecule has 0 amide bonds. The van der Waals surface area contributed by atoms with E-state index in [0.29, 0.717) is 30.3 Å². The average molecular weight is 354 g/mol. The van der Waals surface area contributed by atoms with Crippen LogP contribution >= 0.6 is 0 Å². The minimum absolute atomic E-state index is 0.139. The number of hydrogen-bond donors (Lipinski definition) is 1. The lowest BCUT2D eigenvalue weighted by molar-refractivity contribution is -0.255. The lowest BCUT2D eigenvalue weighted by Crippen LogP contribution is -2.55. The zero-order valence-electron chi connectivity index (χ0n) is 14.9. The topological polar surface area (TPSA) is 65.0 Å². The fourth-order valence-electron chi connectivity index (χ4n) is 4.24. The summed E-state index contributed by atoms with van der Waals surface area (Å²) in [4.78, 5) is 13.1. The molecule has 2 aromatic carbocycles. The lowest BCUT2D eigenvalue weighted by Gasteiger charge is -2.37. The van der Waals surface area contributed by atoms with Crippen molar-refractivity contribution >= 4 is 5.78 Å². The number of benzene rings is 2. The van der Waals surface area contributed by atoms with Crippen LogP contribution in [0.2, 0.25) is 0 Å². The Morgan fingerprint density at radius 3 is 2.58 bits per heavy atom. The summed E-state index contributed by atoms with van der Waals surface area (Å²) in [6, 6.07) is 14.9. The quantitative estimate of drug-likeness (QED) is 0.893. The number of aliphatic hydroxyl groups is 1. The second-order valence-electron chi connectivity index (χ2n) is 6.57. The van der Waals surface area contributed by atoms with Gasteiger partial charge in [0, 0.05) is 13.0 Å². The number of ether oxygens (including phenoxy) is 3. The third-order valence-corrected chi connectivity index (χ3v) is 5.23. The van der Waals surface area contributed by atoms with Crippen LogP contribution < -0.4 is 9.47 Å². The third kappa shape index (κ3) is 2.07. The SMILES string of the molecule is CCOc1cccc2c1C1(O)C(=O)CC(c3ccccc3)C1(OCC)O2. The molecule has 3 unspecified atom stereocenters. The van der Waals surface area contributed by atoms with Gasteiger partial charge in [0.25, 0.3) is 5.79 Å². The molecule has 3 atom stereocenters. The summed E-state index contributed by atoms with van der Waals surface area (Å²) in [5, 5.41) is 11.7. The molecule has 1 heterocycles. The first kappa shape index (κ1) is 17.1. The summed E-state index contributed by atoms with van der Waals surface area (Å²) >= 11 is 0. The van der Waals surface area contributed by atoms with Gasteiger partial charge in [0.1, 0.15) is 11.5 Å². The fourth-order valence-corrected chi connectivity index (χ4v) is 4.24. The molecule has 5 heteroatoms. The average Bonchev–Trinajstić information content (AvgIpc) is 3.03. The second kappa shape index (κ2) is 6.11. The number of carbonyl (C=O) groups excluding carboxylic acids is 1. The smallest absolute Gasteiger partial charge is 0.258 e. The highest BCUT2D eigenvalue weighted by Gasteiger charge is 2.74. The maximum Gasteiger partial charge on any atom is 0.258 e. The van der Waals surface area contributed by atoms with Crippen molar-refractivity contribution < 1.29 is 24.1 Å². The van der Waals surface area contributed by atoms with Crippen LogP contribution in [0.1, 0.15) is 37.3 Å². The van der Waals surface area contributed by atoms with Crippen LogP contribution in [0.3, 0.4) is 0 Å². The van der Waals surface area contributed by atoms with Crippen LogP contribution in [0.5, 0.6) is 11.5 Å². The van der Waals surface area contributed by atoms with E-state index in [1.807, 2.05) is 44.2 Å². The number of ketones is 1. The van der Waals surface area contributed by atoms with Crippen LogP contribution in [0, 0.1) is 0 Å². The highest BCUT2D eigenvalue weighted by molar-refractivity contribution is 5.96. The Kier molecular flexibility index (Phi) is 4.01.